The van der Waals surface area contributed by atoms with Crippen LogP contribution in [-0.2, 0) is 4.74 Å². The first kappa shape index (κ1) is 33.4. The number of nitrogens with zero attached hydrogens (tertiary/aromatic N) is 2. The summed E-state index contributed by atoms with van der Waals surface area (Å²) in [5.41, 5.74) is 1.00. The molecule has 0 saturated heterocycles. The van der Waals surface area contributed by atoms with Crippen LogP contribution in [-0.4, -0.2) is 40.2 Å². The fourth-order valence-corrected chi connectivity index (χ4v) is 4.51. The number of hydrogen-bond donors (Lipinski definition) is 1. The molecular formula is C31H46F3N3O3. The number of nitrogens with one attached hydrogen (secondary N) is 1. The first-order chi connectivity index (χ1) is 19.0. The first-order valence-electron chi connectivity index (χ1n) is 14.7. The van der Waals surface area contributed by atoms with Crippen LogP contribution in [0.25, 0.3) is 0 Å². The highest BCUT2D eigenvalue weighted by atomic mass is 19.4. The fourth-order valence-electron chi connectivity index (χ4n) is 4.51. The van der Waals surface area contributed by atoms with Crippen LogP contribution in [0, 0.1) is 0 Å². The molecule has 1 heterocycles. The molecule has 0 saturated carbocycles. The number of anilines is 1. The topological polar surface area (TPSA) is 75.3 Å². The Hall–Kier alpha value is -2.84. The molecule has 0 bridgehead atoms. The Labute approximate surface area is 237 Å². The van der Waals surface area contributed by atoms with Crippen molar-refractivity contribution in [3.05, 3.63) is 48.0 Å². The number of aromatic nitrogens is 2. The maximum atomic E-state index is 12.9. The molecule has 0 unspecified atom stereocenters. The molecule has 0 aliphatic carbocycles. The smallest absolute Gasteiger partial charge is 0.414 e. The summed E-state index contributed by atoms with van der Waals surface area (Å²) in [4.78, 5) is 33.8. The molecule has 0 aliphatic heterocycles. The predicted octanol–water partition coefficient (Wildman–Crippen LogP) is 9.41. The number of benzene rings is 1. The summed E-state index contributed by atoms with van der Waals surface area (Å²) in [6.45, 7) is 6.06. The zero-order valence-corrected chi connectivity index (χ0v) is 24.3. The molecule has 224 valence electrons. The molecule has 0 atom stereocenters. The van der Waals surface area contributed by atoms with Gasteiger partial charge in [-0.15, -0.1) is 0 Å². The quantitative estimate of drug-likeness (QED) is 0.144. The van der Waals surface area contributed by atoms with Crippen LogP contribution in [0.4, 0.5) is 23.7 Å². The van der Waals surface area contributed by atoms with Crippen molar-refractivity contribution >= 4 is 17.6 Å². The van der Waals surface area contributed by atoms with Crippen molar-refractivity contribution in [1.82, 2.24) is 9.97 Å². The Morgan fingerprint density at radius 1 is 0.800 bits per heavy atom. The molecule has 2 rings (SSSR count). The zero-order valence-electron chi connectivity index (χ0n) is 24.3. The molecule has 6 nitrogen and oxygen atoms in total. The molecule has 0 spiro atoms. The Kier molecular flexibility index (Phi) is 14.2. The van der Waals surface area contributed by atoms with E-state index in [1.807, 2.05) is 20.8 Å². The number of hydrogen-bond acceptors (Lipinski definition) is 4. The van der Waals surface area contributed by atoms with Gasteiger partial charge in [-0.3, -0.25) is 9.69 Å². The Bertz CT molecular complexity index is 984. The highest BCUT2D eigenvalue weighted by molar-refractivity contribution is 6.07. The van der Waals surface area contributed by atoms with Gasteiger partial charge in [0.2, 0.25) is 5.78 Å². The van der Waals surface area contributed by atoms with Gasteiger partial charge in [0.1, 0.15) is 11.3 Å². The van der Waals surface area contributed by atoms with Crippen molar-refractivity contribution in [2.75, 3.05) is 11.4 Å². The maximum absolute atomic E-state index is 12.9. The summed E-state index contributed by atoms with van der Waals surface area (Å²) in [6.07, 6.45) is 10.6. The minimum absolute atomic E-state index is 0.160. The summed E-state index contributed by atoms with van der Waals surface area (Å²) < 4.78 is 42.0. The molecule has 0 aliphatic rings. The highest BCUT2D eigenvalue weighted by Crippen LogP contribution is 2.24. The van der Waals surface area contributed by atoms with E-state index in [1.165, 1.54) is 31.8 Å². The van der Waals surface area contributed by atoms with Crippen molar-refractivity contribution in [3.8, 4) is 0 Å². The van der Waals surface area contributed by atoms with Crippen LogP contribution in [0.2, 0.25) is 0 Å². The highest BCUT2D eigenvalue weighted by Gasteiger charge is 2.26. The lowest BCUT2D eigenvalue weighted by Crippen LogP contribution is -2.37. The van der Waals surface area contributed by atoms with E-state index < -0.39 is 24.3 Å². The van der Waals surface area contributed by atoms with Gasteiger partial charge in [-0.1, -0.05) is 70.6 Å². The number of aromatic amines is 1. The minimum atomic E-state index is -4.02. The second-order valence-electron chi connectivity index (χ2n) is 11.4. The van der Waals surface area contributed by atoms with Crippen LogP contribution in [0.5, 0.6) is 0 Å². The van der Waals surface area contributed by atoms with Gasteiger partial charge in [0.15, 0.2) is 0 Å². The monoisotopic (exact) mass is 565 g/mol. The third-order valence-corrected chi connectivity index (χ3v) is 6.64. The number of carbonyl (C=O) groups excluding carboxylic acids is 2. The fraction of sp³-hybridized carbons (Fsp3) is 0.645. The average Bonchev–Trinajstić information content (AvgIpc) is 3.42. The number of amides is 1. The van der Waals surface area contributed by atoms with E-state index in [2.05, 4.69) is 9.97 Å². The number of imidazole rings is 1. The zero-order chi connectivity index (χ0) is 29.4. The average molecular weight is 566 g/mol. The summed E-state index contributed by atoms with van der Waals surface area (Å²) >= 11 is 0. The lowest BCUT2D eigenvalue weighted by atomic mass is 10.0. The van der Waals surface area contributed by atoms with Gasteiger partial charge in [0.25, 0.3) is 0 Å². The molecule has 1 N–H and O–H groups in total. The van der Waals surface area contributed by atoms with E-state index in [-0.39, 0.29) is 12.2 Å². The van der Waals surface area contributed by atoms with Crippen molar-refractivity contribution in [3.63, 3.8) is 0 Å². The molecule has 0 fully saturated rings. The Balaban J connectivity index is 1.66. The predicted molar refractivity (Wildman–Crippen MR) is 153 cm³/mol. The SMILES string of the molecule is CC(C)(C)OC(=O)N(CCCCCCCCCCCCCCCC(F)(F)F)c1ccc(C(=O)c2cnc[nH]2)cc1. The Morgan fingerprint density at radius 3 is 1.75 bits per heavy atom. The number of halogens is 3. The van der Waals surface area contributed by atoms with Gasteiger partial charge in [0.05, 0.1) is 12.5 Å². The van der Waals surface area contributed by atoms with Gasteiger partial charge in [-0.25, -0.2) is 9.78 Å². The summed E-state index contributed by atoms with van der Waals surface area (Å²) in [7, 11) is 0. The van der Waals surface area contributed by atoms with Crippen LogP contribution >= 0.6 is 0 Å². The molecular weight excluding hydrogens is 519 g/mol. The second-order valence-corrected chi connectivity index (χ2v) is 11.4. The lowest BCUT2D eigenvalue weighted by molar-refractivity contribution is -0.135. The lowest BCUT2D eigenvalue weighted by Gasteiger charge is -2.27. The molecule has 1 aromatic heterocycles. The second kappa shape index (κ2) is 17.1. The number of alkyl halides is 3. The van der Waals surface area contributed by atoms with Gasteiger partial charge in [-0.05, 0) is 57.9 Å². The molecule has 40 heavy (non-hydrogen) atoms. The maximum Gasteiger partial charge on any atom is 0.414 e. The molecule has 0 radical (unpaired) electrons. The van der Waals surface area contributed by atoms with E-state index in [0.29, 0.717) is 29.9 Å². The van der Waals surface area contributed by atoms with E-state index in [4.69, 9.17) is 4.74 Å². The van der Waals surface area contributed by atoms with E-state index in [1.54, 1.807) is 29.2 Å². The molecule has 1 aromatic carbocycles. The van der Waals surface area contributed by atoms with E-state index in [0.717, 1.165) is 51.4 Å². The standard InChI is InChI=1S/C31H46F3N3O3/c1-30(2,3)40-29(39)37(26-19-17-25(18-20-26)28(38)27-23-35-24-36-27)22-16-14-12-10-8-6-4-5-7-9-11-13-15-21-31(32,33)34/h17-20,23-24H,4-16,21-22H2,1-3H3,(H,35,36). The molecule has 1 amide bonds. The van der Waals surface area contributed by atoms with Crippen molar-refractivity contribution in [1.29, 1.82) is 0 Å². The number of ether oxygens (including phenoxy) is 1. The van der Waals surface area contributed by atoms with E-state index in [9.17, 15) is 22.8 Å². The number of rotatable bonds is 18. The van der Waals surface area contributed by atoms with Gasteiger partial charge < -0.3 is 9.72 Å². The van der Waals surface area contributed by atoms with Crippen molar-refractivity contribution in [2.24, 2.45) is 0 Å². The number of carbonyl (C=O) groups is 2. The van der Waals surface area contributed by atoms with Crippen molar-refractivity contribution < 1.29 is 27.5 Å². The summed E-state index contributed by atoms with van der Waals surface area (Å²) in [5, 5.41) is 0. The van der Waals surface area contributed by atoms with Crippen LogP contribution < -0.4 is 4.90 Å². The first-order valence-corrected chi connectivity index (χ1v) is 14.7. The number of ketones is 1. The van der Waals surface area contributed by atoms with Gasteiger partial charge >= 0.3 is 12.3 Å². The largest absolute Gasteiger partial charge is 0.443 e. The number of unbranched alkanes of at least 4 members (excludes halogenated alkanes) is 12. The third-order valence-electron chi connectivity index (χ3n) is 6.64. The summed E-state index contributed by atoms with van der Waals surface area (Å²) in [5.74, 6) is -0.160. The van der Waals surface area contributed by atoms with Gasteiger partial charge in [-0.2, -0.15) is 13.2 Å². The molecule has 9 heteroatoms. The number of H-pyrrole nitrogens is 1. The normalized spacial score (nSPS) is 11.9. The van der Waals surface area contributed by atoms with Gasteiger partial charge in [0, 0.05) is 24.2 Å². The minimum Gasteiger partial charge on any atom is -0.443 e. The van der Waals surface area contributed by atoms with Crippen LogP contribution in [0.1, 0.15) is 127 Å². The third kappa shape index (κ3) is 14.0. The van der Waals surface area contributed by atoms with Crippen LogP contribution in [0.15, 0.2) is 36.8 Å². The van der Waals surface area contributed by atoms with E-state index >= 15 is 0 Å². The molecule has 2 aromatic rings. The van der Waals surface area contributed by atoms with Crippen molar-refractivity contribution in [2.45, 2.75) is 122 Å². The van der Waals surface area contributed by atoms with Crippen LogP contribution in [0.3, 0.4) is 0 Å². The Morgan fingerprint density at radius 2 is 1.30 bits per heavy atom. The summed E-state index contributed by atoms with van der Waals surface area (Å²) in [6, 6.07) is 6.97.